The lowest BCUT2D eigenvalue weighted by Crippen LogP contribution is -2.32. The number of anilines is 1. The summed E-state index contributed by atoms with van der Waals surface area (Å²) in [4.78, 5) is 0. The Hall–Kier alpha value is -0.930. The zero-order valence-corrected chi connectivity index (χ0v) is 9.23. The molecular weight excluding hydrogens is 245 g/mol. The maximum atomic E-state index is 12.2. The molecule has 1 heterocycles. The molecule has 0 aliphatic heterocycles. The zero-order chi connectivity index (χ0) is 12.2. The molecule has 16 heavy (non-hydrogen) atoms. The molecule has 0 aromatic carbocycles. The second kappa shape index (κ2) is 5.41. The predicted molar refractivity (Wildman–Crippen MR) is 53.3 cm³/mol. The van der Waals surface area contributed by atoms with Gasteiger partial charge in [0.15, 0.2) is 0 Å². The van der Waals surface area contributed by atoms with Crippen molar-refractivity contribution in [1.82, 2.24) is 10.2 Å². The lowest BCUT2D eigenvalue weighted by molar-refractivity contribution is -0.138. The minimum atomic E-state index is -4.46. The van der Waals surface area contributed by atoms with Crippen LogP contribution < -0.4 is 11.1 Å². The maximum absolute atomic E-state index is 12.2. The number of aromatic nitrogens is 2. The van der Waals surface area contributed by atoms with Gasteiger partial charge >= 0.3 is 6.18 Å². The average Bonchev–Trinajstić information content (AvgIpc) is 2.65. The van der Waals surface area contributed by atoms with Crippen LogP contribution in [0, 0.1) is 0 Å². The average molecular weight is 256 g/mol. The van der Waals surface area contributed by atoms with Crippen LogP contribution in [-0.2, 0) is 10.9 Å². The van der Waals surface area contributed by atoms with E-state index in [2.05, 4.69) is 15.5 Å². The summed E-state index contributed by atoms with van der Waals surface area (Å²) in [5, 5.41) is 8.23. The molecule has 1 unspecified atom stereocenters. The summed E-state index contributed by atoms with van der Waals surface area (Å²) in [6.07, 6.45) is -4.46. The van der Waals surface area contributed by atoms with E-state index in [1.165, 1.54) is 7.11 Å². The largest absolute Gasteiger partial charge is 0.445 e. The van der Waals surface area contributed by atoms with Crippen molar-refractivity contribution in [2.45, 2.75) is 12.2 Å². The molecule has 0 aliphatic carbocycles. The summed E-state index contributed by atoms with van der Waals surface area (Å²) in [5.74, 6) is 0. The number of alkyl halides is 3. The first-order valence-corrected chi connectivity index (χ1v) is 5.15. The molecule has 92 valence electrons. The van der Waals surface area contributed by atoms with Crippen molar-refractivity contribution < 1.29 is 17.9 Å². The van der Waals surface area contributed by atoms with Crippen molar-refractivity contribution in [2.24, 2.45) is 5.73 Å². The Morgan fingerprint density at radius 2 is 2.19 bits per heavy atom. The number of nitrogens with one attached hydrogen (secondary N) is 1. The van der Waals surface area contributed by atoms with Gasteiger partial charge in [0.05, 0.1) is 12.6 Å². The van der Waals surface area contributed by atoms with Gasteiger partial charge in [-0.05, 0) is 0 Å². The van der Waals surface area contributed by atoms with Gasteiger partial charge < -0.3 is 15.8 Å². The Bertz CT molecular complexity index is 330. The van der Waals surface area contributed by atoms with Crippen LogP contribution in [0.1, 0.15) is 5.01 Å². The molecule has 1 rings (SSSR count). The summed E-state index contributed by atoms with van der Waals surface area (Å²) < 4.78 is 41.4. The van der Waals surface area contributed by atoms with E-state index >= 15 is 0 Å². The van der Waals surface area contributed by atoms with Crippen LogP contribution in [0.3, 0.4) is 0 Å². The first kappa shape index (κ1) is 13.1. The van der Waals surface area contributed by atoms with Gasteiger partial charge in [-0.1, -0.05) is 11.3 Å². The first-order valence-electron chi connectivity index (χ1n) is 4.33. The van der Waals surface area contributed by atoms with E-state index in [0.717, 1.165) is 0 Å². The number of nitrogens with two attached hydrogens (primary N) is 1. The van der Waals surface area contributed by atoms with Gasteiger partial charge in [0.25, 0.3) is 0 Å². The third-order valence-electron chi connectivity index (χ3n) is 1.65. The van der Waals surface area contributed by atoms with Crippen LogP contribution in [0.15, 0.2) is 0 Å². The van der Waals surface area contributed by atoms with Crippen molar-refractivity contribution in [2.75, 3.05) is 25.6 Å². The number of methoxy groups -OCH3 is 1. The standard InChI is InChI=1S/C7H11F3N4OS/c1-15-3-4(2-11)12-6-14-13-5(16-6)7(8,9)10/h4H,2-3,11H2,1H3,(H,12,14). The van der Waals surface area contributed by atoms with E-state index in [9.17, 15) is 13.2 Å². The fourth-order valence-corrected chi connectivity index (χ4v) is 1.63. The van der Waals surface area contributed by atoms with Crippen LogP contribution in [0.5, 0.6) is 0 Å². The fraction of sp³-hybridized carbons (Fsp3) is 0.714. The number of halogens is 3. The van der Waals surface area contributed by atoms with Crippen LogP contribution in [-0.4, -0.2) is 36.5 Å². The third-order valence-corrected chi connectivity index (χ3v) is 2.55. The van der Waals surface area contributed by atoms with Crippen LogP contribution in [0.4, 0.5) is 18.3 Å². The molecule has 0 spiro atoms. The minimum Gasteiger partial charge on any atom is -0.383 e. The van der Waals surface area contributed by atoms with Gasteiger partial charge in [0, 0.05) is 13.7 Å². The number of rotatable bonds is 5. The number of hydrogen-bond donors (Lipinski definition) is 2. The Labute approximate surface area is 93.8 Å². The number of hydrogen-bond acceptors (Lipinski definition) is 6. The van der Waals surface area contributed by atoms with Crippen LogP contribution in [0.2, 0.25) is 0 Å². The van der Waals surface area contributed by atoms with Crippen LogP contribution in [0.25, 0.3) is 0 Å². The van der Waals surface area contributed by atoms with Crippen molar-refractivity contribution in [3.8, 4) is 0 Å². The molecule has 0 fully saturated rings. The molecule has 1 atom stereocenters. The van der Waals surface area contributed by atoms with Crippen LogP contribution >= 0.6 is 11.3 Å². The van der Waals surface area contributed by atoms with Crippen molar-refractivity contribution in [1.29, 1.82) is 0 Å². The Balaban J connectivity index is 2.64. The van der Waals surface area contributed by atoms with Gasteiger partial charge in [0.1, 0.15) is 0 Å². The summed E-state index contributed by atoms with van der Waals surface area (Å²) in [5.41, 5.74) is 5.39. The summed E-state index contributed by atoms with van der Waals surface area (Å²) in [6.45, 7) is 0.520. The Morgan fingerprint density at radius 1 is 1.50 bits per heavy atom. The van der Waals surface area contributed by atoms with Gasteiger partial charge in [0.2, 0.25) is 10.1 Å². The lowest BCUT2D eigenvalue weighted by Gasteiger charge is -2.13. The quantitative estimate of drug-likeness (QED) is 0.820. The molecule has 3 N–H and O–H groups in total. The monoisotopic (exact) mass is 256 g/mol. The Kier molecular flexibility index (Phi) is 4.44. The van der Waals surface area contributed by atoms with E-state index in [-0.39, 0.29) is 24.3 Å². The summed E-state index contributed by atoms with van der Waals surface area (Å²) in [7, 11) is 1.48. The first-order chi connectivity index (χ1) is 7.47. The van der Waals surface area contributed by atoms with Crippen molar-refractivity contribution in [3.05, 3.63) is 5.01 Å². The van der Waals surface area contributed by atoms with E-state index < -0.39 is 11.2 Å². The SMILES string of the molecule is COCC(CN)Nc1nnc(C(F)(F)F)s1. The molecule has 9 heteroatoms. The van der Waals surface area contributed by atoms with Crippen molar-refractivity contribution >= 4 is 16.5 Å². The summed E-state index contributed by atoms with van der Waals surface area (Å²) >= 11 is 0.440. The molecule has 0 radical (unpaired) electrons. The second-order valence-electron chi connectivity index (χ2n) is 2.94. The lowest BCUT2D eigenvalue weighted by atomic mass is 10.3. The van der Waals surface area contributed by atoms with Crippen molar-refractivity contribution in [3.63, 3.8) is 0 Å². The molecule has 1 aromatic rings. The van der Waals surface area contributed by atoms with E-state index in [1.807, 2.05) is 0 Å². The maximum Gasteiger partial charge on any atom is 0.445 e. The highest BCUT2D eigenvalue weighted by Crippen LogP contribution is 2.33. The minimum absolute atomic E-state index is 0.0832. The van der Waals surface area contributed by atoms with Gasteiger partial charge in [-0.2, -0.15) is 13.2 Å². The van der Waals surface area contributed by atoms with Gasteiger partial charge in [-0.25, -0.2) is 0 Å². The topological polar surface area (TPSA) is 73.1 Å². The molecule has 0 aliphatic rings. The third kappa shape index (κ3) is 3.58. The molecular formula is C7H11F3N4OS. The second-order valence-corrected chi connectivity index (χ2v) is 3.92. The van der Waals surface area contributed by atoms with Gasteiger partial charge in [-0.15, -0.1) is 10.2 Å². The Morgan fingerprint density at radius 3 is 2.62 bits per heavy atom. The zero-order valence-electron chi connectivity index (χ0n) is 8.41. The number of ether oxygens (including phenoxy) is 1. The smallest absolute Gasteiger partial charge is 0.383 e. The number of nitrogens with zero attached hydrogens (tertiary/aromatic N) is 2. The highest BCUT2D eigenvalue weighted by molar-refractivity contribution is 7.15. The fourth-order valence-electron chi connectivity index (χ4n) is 0.941. The van der Waals surface area contributed by atoms with E-state index in [0.29, 0.717) is 11.3 Å². The summed E-state index contributed by atoms with van der Waals surface area (Å²) in [6, 6.07) is -0.279. The van der Waals surface area contributed by atoms with E-state index in [4.69, 9.17) is 10.5 Å². The molecule has 0 amide bonds. The highest BCUT2D eigenvalue weighted by Gasteiger charge is 2.35. The highest BCUT2D eigenvalue weighted by atomic mass is 32.1. The molecule has 0 bridgehead atoms. The molecule has 5 nitrogen and oxygen atoms in total. The van der Waals surface area contributed by atoms with Gasteiger partial charge in [-0.3, -0.25) is 0 Å². The normalized spacial score (nSPS) is 13.8. The predicted octanol–water partition coefficient (Wildman–Crippen LogP) is 0.943. The molecule has 1 aromatic heterocycles. The molecule has 0 saturated heterocycles. The molecule has 0 saturated carbocycles. The van der Waals surface area contributed by atoms with E-state index in [1.54, 1.807) is 0 Å².